The maximum Gasteiger partial charge on any atom is 0.309 e. The van der Waals surface area contributed by atoms with Gasteiger partial charge in [-0.2, -0.15) is 0 Å². The van der Waals surface area contributed by atoms with Crippen molar-refractivity contribution in [3.63, 3.8) is 0 Å². The van der Waals surface area contributed by atoms with E-state index in [9.17, 15) is 9.90 Å². The van der Waals surface area contributed by atoms with Crippen LogP contribution < -0.4 is 4.74 Å². The van der Waals surface area contributed by atoms with Gasteiger partial charge in [-0.1, -0.05) is 18.2 Å². The summed E-state index contributed by atoms with van der Waals surface area (Å²) in [7, 11) is 1.53. The van der Waals surface area contributed by atoms with Gasteiger partial charge in [0.05, 0.1) is 20.1 Å². The molecular weight excluding hydrogens is 220 g/mol. The van der Waals surface area contributed by atoms with E-state index in [2.05, 4.69) is 0 Å². The third kappa shape index (κ3) is 3.46. The summed E-state index contributed by atoms with van der Waals surface area (Å²) in [5, 5.41) is 10.3. The lowest BCUT2D eigenvalue weighted by Gasteiger charge is -2.24. The number of rotatable bonds is 5. The van der Waals surface area contributed by atoms with Crippen molar-refractivity contribution < 1.29 is 19.4 Å². The van der Waals surface area contributed by atoms with E-state index in [-0.39, 0.29) is 6.42 Å². The Hall–Kier alpha value is -1.55. The van der Waals surface area contributed by atoms with Crippen LogP contribution in [0.3, 0.4) is 0 Å². The number of aliphatic hydroxyl groups is 1. The fourth-order valence-electron chi connectivity index (χ4n) is 1.68. The van der Waals surface area contributed by atoms with Crippen LogP contribution >= 0.6 is 0 Å². The van der Waals surface area contributed by atoms with Gasteiger partial charge in [-0.15, -0.1) is 0 Å². The molecule has 0 aliphatic rings. The summed E-state index contributed by atoms with van der Waals surface area (Å²) in [5.74, 6) is 0.130. The normalized spacial score (nSPS) is 13.9. The van der Waals surface area contributed by atoms with Crippen LogP contribution in [0.25, 0.3) is 0 Å². The minimum absolute atomic E-state index is 0.0960. The Bertz CT molecular complexity index is 385. The van der Waals surface area contributed by atoms with Crippen molar-refractivity contribution >= 4 is 5.97 Å². The zero-order chi connectivity index (χ0) is 12.9. The molecule has 4 heteroatoms. The quantitative estimate of drug-likeness (QED) is 0.795. The van der Waals surface area contributed by atoms with Gasteiger partial charge < -0.3 is 14.6 Å². The molecule has 1 rings (SSSR count). The highest BCUT2D eigenvalue weighted by atomic mass is 16.5. The third-order valence-electron chi connectivity index (χ3n) is 2.48. The smallest absolute Gasteiger partial charge is 0.309 e. The number of esters is 1. The van der Waals surface area contributed by atoms with Crippen molar-refractivity contribution in [1.29, 1.82) is 0 Å². The standard InChI is InChI=1S/C13H18O4/c1-4-17-12(14)9-13(2,15)10-7-5-6-8-11(10)16-3/h5-8,15H,4,9H2,1-3H3/t13-/m0/s1. The van der Waals surface area contributed by atoms with Gasteiger partial charge in [0, 0.05) is 5.56 Å². The zero-order valence-corrected chi connectivity index (χ0v) is 10.4. The van der Waals surface area contributed by atoms with Crippen molar-refractivity contribution in [2.45, 2.75) is 25.9 Å². The molecule has 0 fully saturated rings. The lowest BCUT2D eigenvalue weighted by atomic mass is 9.92. The maximum absolute atomic E-state index is 11.4. The molecule has 4 nitrogen and oxygen atoms in total. The number of benzene rings is 1. The highest BCUT2D eigenvalue weighted by molar-refractivity contribution is 5.71. The molecule has 1 N–H and O–H groups in total. The fourth-order valence-corrected chi connectivity index (χ4v) is 1.68. The molecule has 0 aliphatic carbocycles. The lowest BCUT2D eigenvalue weighted by molar-refractivity contribution is -0.148. The number of carbonyl (C=O) groups excluding carboxylic acids is 1. The van der Waals surface area contributed by atoms with Crippen LogP contribution in [0.4, 0.5) is 0 Å². The molecule has 1 atom stereocenters. The second-order valence-electron chi connectivity index (χ2n) is 3.96. The first kappa shape index (κ1) is 13.5. The Kier molecular flexibility index (Phi) is 4.52. The van der Waals surface area contributed by atoms with Crippen LogP contribution in [0.15, 0.2) is 24.3 Å². The van der Waals surface area contributed by atoms with Crippen LogP contribution in [0.1, 0.15) is 25.8 Å². The minimum atomic E-state index is -1.29. The number of ether oxygens (including phenoxy) is 2. The zero-order valence-electron chi connectivity index (χ0n) is 10.4. The Morgan fingerprint density at radius 1 is 1.41 bits per heavy atom. The first-order valence-electron chi connectivity index (χ1n) is 5.52. The van der Waals surface area contributed by atoms with Gasteiger partial charge in [-0.3, -0.25) is 4.79 Å². The van der Waals surface area contributed by atoms with Gasteiger partial charge >= 0.3 is 5.97 Å². The van der Waals surface area contributed by atoms with E-state index in [0.29, 0.717) is 17.9 Å². The Labute approximate surface area is 101 Å². The van der Waals surface area contributed by atoms with Gasteiger partial charge in [0.2, 0.25) is 0 Å². The second kappa shape index (κ2) is 5.68. The molecule has 0 bridgehead atoms. The van der Waals surface area contributed by atoms with Crippen molar-refractivity contribution in [3.05, 3.63) is 29.8 Å². The number of carbonyl (C=O) groups is 1. The Morgan fingerprint density at radius 2 is 2.06 bits per heavy atom. The summed E-state index contributed by atoms with van der Waals surface area (Å²) < 4.78 is 9.99. The monoisotopic (exact) mass is 238 g/mol. The van der Waals surface area contributed by atoms with E-state index in [1.54, 1.807) is 32.0 Å². The van der Waals surface area contributed by atoms with Gasteiger partial charge in [0.25, 0.3) is 0 Å². The van der Waals surface area contributed by atoms with Crippen LogP contribution in [0.5, 0.6) is 5.75 Å². The van der Waals surface area contributed by atoms with Crippen molar-refractivity contribution in [3.8, 4) is 5.75 Å². The summed E-state index contributed by atoms with van der Waals surface area (Å²) in [6.45, 7) is 3.61. The highest BCUT2D eigenvalue weighted by Crippen LogP contribution is 2.32. The van der Waals surface area contributed by atoms with E-state index in [1.807, 2.05) is 6.07 Å². The van der Waals surface area contributed by atoms with Crippen LogP contribution in [0.2, 0.25) is 0 Å². The largest absolute Gasteiger partial charge is 0.496 e. The first-order valence-corrected chi connectivity index (χ1v) is 5.52. The van der Waals surface area contributed by atoms with E-state index in [1.165, 1.54) is 7.11 Å². The van der Waals surface area contributed by atoms with Crippen molar-refractivity contribution in [1.82, 2.24) is 0 Å². The average Bonchev–Trinajstić information content (AvgIpc) is 2.28. The third-order valence-corrected chi connectivity index (χ3v) is 2.48. The summed E-state index contributed by atoms with van der Waals surface area (Å²) in [6.07, 6.45) is -0.0960. The van der Waals surface area contributed by atoms with Gasteiger partial charge in [0.15, 0.2) is 0 Å². The number of methoxy groups -OCH3 is 1. The highest BCUT2D eigenvalue weighted by Gasteiger charge is 2.30. The molecule has 0 aliphatic heterocycles. The molecule has 0 amide bonds. The molecule has 0 heterocycles. The second-order valence-corrected chi connectivity index (χ2v) is 3.96. The molecule has 0 radical (unpaired) electrons. The van der Waals surface area contributed by atoms with Crippen molar-refractivity contribution in [2.75, 3.05) is 13.7 Å². The number of para-hydroxylation sites is 1. The Balaban J connectivity index is 2.92. The summed E-state index contributed by atoms with van der Waals surface area (Å²) in [5.41, 5.74) is -0.714. The van der Waals surface area contributed by atoms with E-state index in [0.717, 1.165) is 0 Å². The SMILES string of the molecule is CCOC(=O)C[C@](C)(O)c1ccccc1OC. The summed E-state index contributed by atoms with van der Waals surface area (Å²) in [4.78, 5) is 11.4. The van der Waals surface area contributed by atoms with Gasteiger partial charge in [0.1, 0.15) is 11.4 Å². The number of hydrogen-bond acceptors (Lipinski definition) is 4. The predicted molar refractivity (Wildman–Crippen MR) is 63.8 cm³/mol. The van der Waals surface area contributed by atoms with Gasteiger partial charge in [-0.25, -0.2) is 0 Å². The molecule has 1 aromatic rings. The average molecular weight is 238 g/mol. The number of hydrogen-bond donors (Lipinski definition) is 1. The molecule has 0 spiro atoms. The molecule has 0 aromatic heterocycles. The minimum Gasteiger partial charge on any atom is -0.496 e. The summed E-state index contributed by atoms with van der Waals surface area (Å²) in [6, 6.07) is 7.08. The molecule has 0 unspecified atom stereocenters. The van der Waals surface area contributed by atoms with E-state index in [4.69, 9.17) is 9.47 Å². The van der Waals surface area contributed by atoms with Gasteiger partial charge in [-0.05, 0) is 19.9 Å². The van der Waals surface area contributed by atoms with Crippen LogP contribution in [-0.2, 0) is 15.1 Å². The predicted octanol–water partition coefficient (Wildman–Crippen LogP) is 1.86. The molecule has 17 heavy (non-hydrogen) atoms. The van der Waals surface area contributed by atoms with E-state index < -0.39 is 11.6 Å². The molecular formula is C13H18O4. The van der Waals surface area contributed by atoms with Crippen molar-refractivity contribution in [2.24, 2.45) is 0 Å². The molecule has 1 aromatic carbocycles. The lowest BCUT2D eigenvalue weighted by Crippen LogP contribution is -2.26. The summed E-state index contributed by atoms with van der Waals surface area (Å²) >= 11 is 0. The first-order chi connectivity index (χ1) is 8.01. The Morgan fingerprint density at radius 3 is 2.65 bits per heavy atom. The van der Waals surface area contributed by atoms with Crippen LogP contribution in [-0.4, -0.2) is 24.8 Å². The maximum atomic E-state index is 11.4. The topological polar surface area (TPSA) is 55.8 Å². The van der Waals surface area contributed by atoms with E-state index >= 15 is 0 Å². The molecule has 94 valence electrons. The fraction of sp³-hybridized carbons (Fsp3) is 0.462. The molecule has 0 saturated carbocycles. The van der Waals surface area contributed by atoms with Crippen LogP contribution in [0, 0.1) is 0 Å². The molecule has 0 saturated heterocycles.